The quantitative estimate of drug-likeness (QED) is 0.927. The fourth-order valence-corrected chi connectivity index (χ4v) is 2.87. The molecule has 0 aliphatic heterocycles. The molecule has 2 aromatic rings. The Labute approximate surface area is 121 Å². The standard InChI is InChI=1S/C16H16F2N2O/c17-15(18)11-6-3-7-12(8-11)16-19-13(9-14(21)20-16)10-4-1-2-5-10/h3,6-10,15H,1-2,4-5H2,(H,19,20,21). The van der Waals surface area contributed by atoms with Gasteiger partial charge in [-0.2, -0.15) is 0 Å². The Hall–Kier alpha value is -2.04. The molecule has 1 saturated carbocycles. The highest BCUT2D eigenvalue weighted by Gasteiger charge is 2.20. The number of H-pyrrole nitrogens is 1. The highest BCUT2D eigenvalue weighted by atomic mass is 19.3. The molecule has 0 bridgehead atoms. The third-order valence-electron chi connectivity index (χ3n) is 3.95. The fourth-order valence-electron chi connectivity index (χ4n) is 2.87. The lowest BCUT2D eigenvalue weighted by Gasteiger charge is -2.10. The van der Waals surface area contributed by atoms with E-state index in [0.717, 1.165) is 31.4 Å². The van der Waals surface area contributed by atoms with E-state index >= 15 is 0 Å². The van der Waals surface area contributed by atoms with Gasteiger partial charge >= 0.3 is 0 Å². The Bertz CT molecular complexity index is 691. The Kier molecular flexibility index (Phi) is 3.82. The topological polar surface area (TPSA) is 45.8 Å². The molecular weight excluding hydrogens is 274 g/mol. The Balaban J connectivity index is 2.01. The average Bonchev–Trinajstić information content (AvgIpc) is 3.01. The lowest BCUT2D eigenvalue weighted by molar-refractivity contribution is 0.151. The minimum atomic E-state index is -2.53. The van der Waals surface area contributed by atoms with Crippen molar-refractivity contribution in [3.8, 4) is 11.4 Å². The summed E-state index contributed by atoms with van der Waals surface area (Å²) in [5, 5.41) is 0. The van der Waals surface area contributed by atoms with Crippen LogP contribution in [-0.2, 0) is 0 Å². The predicted molar refractivity (Wildman–Crippen MR) is 76.5 cm³/mol. The summed E-state index contributed by atoms with van der Waals surface area (Å²) in [4.78, 5) is 18.9. The van der Waals surface area contributed by atoms with Gasteiger partial charge in [-0.25, -0.2) is 13.8 Å². The van der Waals surface area contributed by atoms with Crippen LogP contribution in [0.5, 0.6) is 0 Å². The second-order valence-corrected chi connectivity index (χ2v) is 5.43. The van der Waals surface area contributed by atoms with E-state index in [-0.39, 0.29) is 11.1 Å². The number of rotatable bonds is 3. The second kappa shape index (κ2) is 5.76. The molecule has 1 N–H and O–H groups in total. The van der Waals surface area contributed by atoms with Crippen molar-refractivity contribution >= 4 is 0 Å². The van der Waals surface area contributed by atoms with Gasteiger partial charge < -0.3 is 4.98 Å². The van der Waals surface area contributed by atoms with Crippen molar-refractivity contribution < 1.29 is 8.78 Å². The SMILES string of the molecule is O=c1cc(C2CCCC2)nc(-c2cccc(C(F)F)c2)[nH]1. The van der Waals surface area contributed by atoms with Crippen molar-refractivity contribution in [3.05, 3.63) is 51.9 Å². The normalized spacial score (nSPS) is 15.8. The first-order valence-electron chi connectivity index (χ1n) is 7.13. The minimum Gasteiger partial charge on any atom is -0.307 e. The van der Waals surface area contributed by atoms with E-state index in [4.69, 9.17) is 0 Å². The van der Waals surface area contributed by atoms with Crippen LogP contribution in [0.4, 0.5) is 8.78 Å². The van der Waals surface area contributed by atoms with Crippen LogP contribution in [0, 0.1) is 0 Å². The molecule has 0 atom stereocenters. The Morgan fingerprint density at radius 2 is 1.95 bits per heavy atom. The smallest absolute Gasteiger partial charge is 0.263 e. The van der Waals surface area contributed by atoms with Crippen LogP contribution in [0.15, 0.2) is 35.1 Å². The predicted octanol–water partition coefficient (Wildman–Crippen LogP) is 4.03. The minimum absolute atomic E-state index is 0.0681. The van der Waals surface area contributed by atoms with E-state index < -0.39 is 6.43 Å². The van der Waals surface area contributed by atoms with Crippen molar-refractivity contribution in [2.24, 2.45) is 0 Å². The third kappa shape index (κ3) is 3.01. The molecule has 1 aliphatic carbocycles. The summed E-state index contributed by atoms with van der Waals surface area (Å²) in [6, 6.07) is 7.51. The summed E-state index contributed by atoms with van der Waals surface area (Å²) in [6.07, 6.45) is 1.83. The molecule has 5 heteroatoms. The molecule has 0 spiro atoms. The van der Waals surface area contributed by atoms with Crippen molar-refractivity contribution in [2.75, 3.05) is 0 Å². The first-order valence-corrected chi connectivity index (χ1v) is 7.13. The molecule has 1 aromatic carbocycles. The van der Waals surface area contributed by atoms with Gasteiger partial charge in [-0.1, -0.05) is 31.0 Å². The molecule has 0 radical (unpaired) electrons. The van der Waals surface area contributed by atoms with Crippen molar-refractivity contribution in [2.45, 2.75) is 38.0 Å². The molecular formula is C16H16F2N2O. The Morgan fingerprint density at radius 3 is 2.67 bits per heavy atom. The zero-order valence-corrected chi connectivity index (χ0v) is 11.5. The van der Waals surface area contributed by atoms with Crippen LogP contribution in [0.1, 0.15) is 49.3 Å². The molecule has 0 unspecified atom stereocenters. The van der Waals surface area contributed by atoms with Gasteiger partial charge in [-0.05, 0) is 18.9 Å². The molecule has 110 valence electrons. The summed E-state index contributed by atoms with van der Waals surface area (Å²) in [7, 11) is 0. The molecule has 0 saturated heterocycles. The van der Waals surface area contributed by atoms with Gasteiger partial charge in [0.25, 0.3) is 12.0 Å². The van der Waals surface area contributed by atoms with Gasteiger partial charge in [0, 0.05) is 23.1 Å². The van der Waals surface area contributed by atoms with Crippen LogP contribution in [0.3, 0.4) is 0 Å². The van der Waals surface area contributed by atoms with Gasteiger partial charge in [0.05, 0.1) is 5.69 Å². The van der Waals surface area contributed by atoms with Gasteiger partial charge in [0.2, 0.25) is 0 Å². The van der Waals surface area contributed by atoms with Crippen LogP contribution >= 0.6 is 0 Å². The molecule has 1 aromatic heterocycles. The number of benzene rings is 1. The summed E-state index contributed by atoms with van der Waals surface area (Å²) in [5.41, 5.74) is 0.990. The zero-order chi connectivity index (χ0) is 14.8. The van der Waals surface area contributed by atoms with E-state index in [1.807, 2.05) is 0 Å². The number of aromatic amines is 1. The molecule has 3 nitrogen and oxygen atoms in total. The monoisotopic (exact) mass is 290 g/mol. The van der Waals surface area contributed by atoms with Crippen LogP contribution in [-0.4, -0.2) is 9.97 Å². The lowest BCUT2D eigenvalue weighted by atomic mass is 10.0. The number of halogens is 2. The number of nitrogens with zero attached hydrogens (tertiary/aromatic N) is 1. The van der Waals surface area contributed by atoms with Crippen molar-refractivity contribution in [3.63, 3.8) is 0 Å². The molecule has 1 heterocycles. The number of aromatic nitrogens is 2. The lowest BCUT2D eigenvalue weighted by Crippen LogP contribution is -2.12. The van der Waals surface area contributed by atoms with Crippen LogP contribution in [0.2, 0.25) is 0 Å². The summed E-state index contributed by atoms with van der Waals surface area (Å²) in [5.74, 6) is 0.677. The first-order chi connectivity index (χ1) is 10.1. The van der Waals surface area contributed by atoms with Crippen molar-refractivity contribution in [1.82, 2.24) is 9.97 Å². The molecule has 0 amide bonds. The largest absolute Gasteiger partial charge is 0.307 e. The maximum absolute atomic E-state index is 12.8. The van der Waals surface area contributed by atoms with Gasteiger partial charge in [-0.15, -0.1) is 0 Å². The van der Waals surface area contributed by atoms with E-state index in [9.17, 15) is 13.6 Å². The summed E-state index contributed by atoms with van der Waals surface area (Å²) < 4.78 is 25.5. The van der Waals surface area contributed by atoms with E-state index in [2.05, 4.69) is 9.97 Å². The molecule has 1 aliphatic rings. The maximum atomic E-state index is 12.8. The zero-order valence-electron chi connectivity index (χ0n) is 11.5. The highest BCUT2D eigenvalue weighted by molar-refractivity contribution is 5.56. The molecule has 21 heavy (non-hydrogen) atoms. The maximum Gasteiger partial charge on any atom is 0.263 e. The second-order valence-electron chi connectivity index (χ2n) is 5.43. The molecule has 1 fully saturated rings. The van der Waals surface area contributed by atoms with E-state index in [1.54, 1.807) is 12.1 Å². The summed E-state index contributed by atoms with van der Waals surface area (Å²) >= 11 is 0. The van der Waals surface area contributed by atoms with Crippen LogP contribution in [0.25, 0.3) is 11.4 Å². The van der Waals surface area contributed by atoms with Gasteiger partial charge in [0.1, 0.15) is 5.82 Å². The Morgan fingerprint density at radius 1 is 1.19 bits per heavy atom. The van der Waals surface area contributed by atoms with E-state index in [0.29, 0.717) is 17.3 Å². The number of hydrogen-bond donors (Lipinski definition) is 1. The summed E-state index contributed by atoms with van der Waals surface area (Å²) in [6.45, 7) is 0. The first kappa shape index (κ1) is 13.9. The van der Waals surface area contributed by atoms with Gasteiger partial charge in [-0.3, -0.25) is 4.79 Å². The fraction of sp³-hybridized carbons (Fsp3) is 0.375. The highest BCUT2D eigenvalue weighted by Crippen LogP contribution is 2.33. The number of hydrogen-bond acceptors (Lipinski definition) is 2. The average molecular weight is 290 g/mol. The third-order valence-corrected chi connectivity index (χ3v) is 3.95. The van der Waals surface area contributed by atoms with Crippen LogP contribution < -0.4 is 5.56 Å². The molecule has 3 rings (SSSR count). The van der Waals surface area contributed by atoms with E-state index in [1.165, 1.54) is 18.2 Å². The van der Waals surface area contributed by atoms with Gasteiger partial charge in [0.15, 0.2) is 0 Å². The number of nitrogens with one attached hydrogen (secondary N) is 1. The van der Waals surface area contributed by atoms with Crippen molar-refractivity contribution in [1.29, 1.82) is 0 Å². The number of alkyl halides is 2.